The number of carbonyl (C=O) groups excluding carboxylic acids is 1. The maximum absolute atomic E-state index is 12.1. The maximum atomic E-state index is 12.1. The van der Waals surface area contributed by atoms with Crippen molar-refractivity contribution in [3.05, 3.63) is 29.8 Å². The first-order valence-electron chi connectivity index (χ1n) is 9.58. The number of nitrogens with one attached hydrogen (secondary N) is 3. The summed E-state index contributed by atoms with van der Waals surface area (Å²) in [5.41, 5.74) is 1.93. The lowest BCUT2D eigenvalue weighted by molar-refractivity contribution is -0.119. The Kier molecular flexibility index (Phi) is 12.4. The van der Waals surface area contributed by atoms with Gasteiger partial charge in [-0.3, -0.25) is 9.79 Å². The van der Waals surface area contributed by atoms with Gasteiger partial charge in [0.05, 0.1) is 6.10 Å². The fourth-order valence-electron chi connectivity index (χ4n) is 2.55. The zero-order valence-electron chi connectivity index (χ0n) is 18.3. The van der Waals surface area contributed by atoms with Crippen LogP contribution < -0.4 is 16.0 Å². The van der Waals surface area contributed by atoms with Gasteiger partial charge in [-0.1, -0.05) is 46.8 Å². The van der Waals surface area contributed by atoms with Gasteiger partial charge in [-0.2, -0.15) is 0 Å². The predicted molar refractivity (Wildman–Crippen MR) is 128 cm³/mol. The van der Waals surface area contributed by atoms with E-state index < -0.39 is 0 Å². The van der Waals surface area contributed by atoms with Crippen molar-refractivity contribution in [1.29, 1.82) is 0 Å². The van der Waals surface area contributed by atoms with Crippen molar-refractivity contribution >= 4 is 41.5 Å². The van der Waals surface area contributed by atoms with E-state index in [9.17, 15) is 4.79 Å². The van der Waals surface area contributed by atoms with E-state index in [0.717, 1.165) is 23.6 Å². The average Bonchev–Trinajstić information content (AvgIpc) is 2.63. The summed E-state index contributed by atoms with van der Waals surface area (Å²) >= 11 is 0. The van der Waals surface area contributed by atoms with E-state index in [1.165, 1.54) is 0 Å². The number of aliphatic imine (C=N–C) groups is 1. The second-order valence-corrected chi connectivity index (χ2v) is 7.90. The fraction of sp³-hybridized carbons (Fsp3) is 0.619. The van der Waals surface area contributed by atoms with E-state index in [2.05, 4.69) is 41.7 Å². The summed E-state index contributed by atoms with van der Waals surface area (Å²) in [6.45, 7) is 11.7. The van der Waals surface area contributed by atoms with Crippen molar-refractivity contribution in [2.24, 2.45) is 16.3 Å². The summed E-state index contributed by atoms with van der Waals surface area (Å²) in [6.07, 6.45) is 0.904. The smallest absolute Gasteiger partial charge is 0.227 e. The third kappa shape index (κ3) is 9.23. The van der Waals surface area contributed by atoms with Crippen LogP contribution in [0, 0.1) is 11.3 Å². The van der Waals surface area contributed by atoms with Crippen LogP contribution in [-0.2, 0) is 16.1 Å². The minimum Gasteiger partial charge on any atom is -0.379 e. The van der Waals surface area contributed by atoms with Crippen molar-refractivity contribution in [3.63, 3.8) is 0 Å². The highest BCUT2D eigenvalue weighted by atomic mass is 127. The van der Waals surface area contributed by atoms with Gasteiger partial charge in [-0.25, -0.2) is 0 Å². The maximum Gasteiger partial charge on any atom is 0.227 e. The molecule has 160 valence electrons. The molecule has 0 aliphatic carbocycles. The van der Waals surface area contributed by atoms with E-state index in [-0.39, 0.29) is 47.3 Å². The molecular weight excluding hydrogens is 467 g/mol. The Hall–Kier alpha value is -1.35. The molecule has 0 spiro atoms. The number of carbonyl (C=O) groups is 1. The molecular formula is C21H37IN4O2. The minimum absolute atomic E-state index is 0. The minimum atomic E-state index is 0. The van der Waals surface area contributed by atoms with Crippen LogP contribution in [-0.4, -0.2) is 38.7 Å². The van der Waals surface area contributed by atoms with Crippen LogP contribution in [0.3, 0.4) is 0 Å². The topological polar surface area (TPSA) is 74.8 Å². The zero-order chi connectivity index (χ0) is 20.4. The predicted octanol–water partition coefficient (Wildman–Crippen LogP) is 4.02. The molecule has 0 fully saturated rings. The molecule has 0 aliphatic rings. The first kappa shape index (κ1) is 26.6. The summed E-state index contributed by atoms with van der Waals surface area (Å²) in [6, 6.07) is 7.85. The first-order valence-corrected chi connectivity index (χ1v) is 9.58. The van der Waals surface area contributed by atoms with Gasteiger partial charge < -0.3 is 20.7 Å². The van der Waals surface area contributed by atoms with Crippen LogP contribution in [0.1, 0.15) is 46.6 Å². The molecule has 3 N–H and O–H groups in total. The van der Waals surface area contributed by atoms with Gasteiger partial charge in [-0.05, 0) is 29.5 Å². The molecule has 2 atom stereocenters. The summed E-state index contributed by atoms with van der Waals surface area (Å²) in [5, 5.41) is 9.58. The quantitative estimate of drug-likeness (QED) is 0.284. The monoisotopic (exact) mass is 504 g/mol. The molecule has 0 bridgehead atoms. The Morgan fingerprint density at radius 3 is 2.46 bits per heavy atom. The Bertz CT molecular complexity index is 629. The Labute approximate surface area is 187 Å². The largest absolute Gasteiger partial charge is 0.379 e. The van der Waals surface area contributed by atoms with E-state index >= 15 is 0 Å². The summed E-state index contributed by atoms with van der Waals surface area (Å²) in [4.78, 5) is 16.3. The number of rotatable bonds is 8. The average molecular weight is 504 g/mol. The number of hydrogen-bond donors (Lipinski definition) is 3. The molecule has 0 aliphatic heterocycles. The highest BCUT2D eigenvalue weighted by Crippen LogP contribution is 2.20. The van der Waals surface area contributed by atoms with Gasteiger partial charge in [0.15, 0.2) is 5.96 Å². The Morgan fingerprint density at radius 1 is 1.25 bits per heavy atom. The normalized spacial score (nSPS) is 13.9. The van der Waals surface area contributed by atoms with Crippen molar-refractivity contribution in [3.8, 4) is 0 Å². The van der Waals surface area contributed by atoms with Gasteiger partial charge in [0.25, 0.3) is 0 Å². The number of anilines is 1. The van der Waals surface area contributed by atoms with Gasteiger partial charge >= 0.3 is 0 Å². The number of nitrogens with zero attached hydrogens (tertiary/aromatic N) is 1. The SMILES string of the molecule is CCC(C)C(=O)Nc1cccc(CNC(=NC)NCC(OC)C(C)(C)C)c1.I. The standard InChI is InChI=1S/C21H36N4O2.HI/c1-8-15(2)19(26)25-17-11-9-10-16(12-17)13-23-20(22-6)24-14-18(27-7)21(3,4)5;/h9-12,15,18H,8,13-14H2,1-7H3,(H,25,26)(H2,22,23,24);1H. The number of amides is 1. The van der Waals surface area contributed by atoms with Crippen LogP contribution >= 0.6 is 24.0 Å². The molecule has 0 saturated carbocycles. The molecule has 28 heavy (non-hydrogen) atoms. The summed E-state index contributed by atoms with van der Waals surface area (Å²) in [5.74, 6) is 0.773. The molecule has 6 nitrogen and oxygen atoms in total. The molecule has 1 rings (SSSR count). The van der Waals surface area contributed by atoms with Crippen molar-refractivity contribution in [1.82, 2.24) is 10.6 Å². The first-order chi connectivity index (χ1) is 12.7. The molecule has 1 aromatic rings. The number of guanidine groups is 1. The number of halogens is 1. The van der Waals surface area contributed by atoms with Gasteiger partial charge in [0, 0.05) is 38.9 Å². The van der Waals surface area contributed by atoms with E-state index in [1.807, 2.05) is 38.1 Å². The van der Waals surface area contributed by atoms with Crippen molar-refractivity contribution in [2.45, 2.75) is 53.7 Å². The highest BCUT2D eigenvalue weighted by Gasteiger charge is 2.24. The van der Waals surface area contributed by atoms with E-state index in [0.29, 0.717) is 13.1 Å². The molecule has 2 unspecified atom stereocenters. The Morgan fingerprint density at radius 2 is 1.93 bits per heavy atom. The van der Waals surface area contributed by atoms with E-state index in [1.54, 1.807) is 14.2 Å². The van der Waals surface area contributed by atoms with Gasteiger partial charge in [-0.15, -0.1) is 24.0 Å². The summed E-state index contributed by atoms with van der Waals surface area (Å²) < 4.78 is 5.57. The fourth-order valence-corrected chi connectivity index (χ4v) is 2.55. The molecule has 7 heteroatoms. The lowest BCUT2D eigenvalue weighted by atomic mass is 9.89. The molecule has 1 amide bonds. The summed E-state index contributed by atoms with van der Waals surface area (Å²) in [7, 11) is 3.48. The lowest BCUT2D eigenvalue weighted by Crippen LogP contribution is -2.45. The van der Waals surface area contributed by atoms with Crippen molar-refractivity contribution in [2.75, 3.05) is 26.0 Å². The zero-order valence-corrected chi connectivity index (χ0v) is 20.6. The number of benzene rings is 1. The van der Waals surface area contributed by atoms with Gasteiger partial charge in [0.2, 0.25) is 5.91 Å². The van der Waals surface area contributed by atoms with Crippen LogP contribution in [0.15, 0.2) is 29.3 Å². The third-order valence-corrected chi connectivity index (χ3v) is 4.64. The second-order valence-electron chi connectivity index (χ2n) is 7.90. The lowest BCUT2D eigenvalue weighted by Gasteiger charge is -2.30. The molecule has 0 radical (unpaired) electrons. The number of hydrogen-bond acceptors (Lipinski definition) is 3. The second kappa shape index (κ2) is 13.0. The molecule has 0 saturated heterocycles. The van der Waals surface area contributed by atoms with E-state index in [4.69, 9.17) is 4.74 Å². The molecule has 1 aromatic carbocycles. The van der Waals surface area contributed by atoms with Crippen molar-refractivity contribution < 1.29 is 9.53 Å². The number of ether oxygens (including phenoxy) is 1. The van der Waals surface area contributed by atoms with Crippen LogP contribution in [0.4, 0.5) is 5.69 Å². The van der Waals surface area contributed by atoms with Crippen LogP contribution in [0.2, 0.25) is 0 Å². The van der Waals surface area contributed by atoms with Gasteiger partial charge in [0.1, 0.15) is 0 Å². The molecule has 0 heterocycles. The van der Waals surface area contributed by atoms with Crippen LogP contribution in [0.25, 0.3) is 0 Å². The van der Waals surface area contributed by atoms with Crippen LogP contribution in [0.5, 0.6) is 0 Å². The molecule has 0 aromatic heterocycles. The Balaban J connectivity index is 0.00000729. The highest BCUT2D eigenvalue weighted by molar-refractivity contribution is 14.0. The number of methoxy groups -OCH3 is 1. The third-order valence-electron chi connectivity index (χ3n) is 4.64.